The zero-order chi connectivity index (χ0) is 34.7. The molecular formula is C31H40O16. The zero-order valence-corrected chi connectivity index (χ0v) is 25.7. The van der Waals surface area contributed by atoms with Crippen LogP contribution in [-0.2, 0) is 31.9 Å². The standard InChI is InChI=1S/C31H40O16/c1-12(8-14-4-6-17(43-3)16(32)10-14)13(2)9-15-5-7-18(44-30-24(37)20(33)22(35)26(46-30)28(39)40)19(11-15)45-31-25(38)21(34)23(36)27(47-31)29(41)42/h4-7,10-13,20-27,30-38H,8-9H2,1-3H3,(H,39,40)(H,41,42)/t12-,13+,20+,21+,22+,23+,24-,25-,26+,27+,30-,31?/m1/s1. The number of aliphatic hydroxyl groups is 6. The van der Waals surface area contributed by atoms with E-state index in [0.717, 1.165) is 5.56 Å². The Hall–Kier alpha value is -3.74. The number of benzene rings is 2. The number of phenolic OH excluding ortho intramolecular Hbond substituents is 1. The molecule has 260 valence electrons. The first-order valence-electron chi connectivity index (χ1n) is 14.8. The predicted molar refractivity (Wildman–Crippen MR) is 157 cm³/mol. The van der Waals surface area contributed by atoms with Crippen LogP contribution in [0.15, 0.2) is 36.4 Å². The van der Waals surface area contributed by atoms with Crippen LogP contribution in [-0.4, -0.2) is 126 Å². The molecule has 9 N–H and O–H groups in total. The average Bonchev–Trinajstić information content (AvgIpc) is 3.02. The van der Waals surface area contributed by atoms with Crippen molar-refractivity contribution >= 4 is 11.9 Å². The Morgan fingerprint density at radius 2 is 1.09 bits per heavy atom. The van der Waals surface area contributed by atoms with Gasteiger partial charge < -0.3 is 69.6 Å². The second-order valence-electron chi connectivity index (χ2n) is 11.9. The van der Waals surface area contributed by atoms with Gasteiger partial charge in [0, 0.05) is 0 Å². The minimum Gasteiger partial charge on any atom is -0.504 e. The monoisotopic (exact) mass is 668 g/mol. The minimum atomic E-state index is -1.98. The third-order valence-electron chi connectivity index (χ3n) is 8.45. The molecule has 0 amide bonds. The van der Waals surface area contributed by atoms with Gasteiger partial charge in [-0.3, -0.25) is 0 Å². The van der Waals surface area contributed by atoms with E-state index in [1.54, 1.807) is 18.2 Å². The molecule has 47 heavy (non-hydrogen) atoms. The first-order valence-corrected chi connectivity index (χ1v) is 14.8. The summed E-state index contributed by atoms with van der Waals surface area (Å²) in [6.07, 6.45) is -18.3. The lowest BCUT2D eigenvalue weighted by atomic mass is 9.85. The Bertz CT molecular complexity index is 1400. The van der Waals surface area contributed by atoms with E-state index in [1.165, 1.54) is 19.2 Å². The largest absolute Gasteiger partial charge is 0.504 e. The molecular weight excluding hydrogens is 628 g/mol. The van der Waals surface area contributed by atoms with Gasteiger partial charge in [-0.2, -0.15) is 0 Å². The number of rotatable bonds is 12. The van der Waals surface area contributed by atoms with Crippen molar-refractivity contribution < 1.29 is 79.2 Å². The van der Waals surface area contributed by atoms with E-state index in [1.807, 2.05) is 19.9 Å². The topological polar surface area (TPSA) is 262 Å². The van der Waals surface area contributed by atoms with E-state index in [2.05, 4.69) is 0 Å². The average molecular weight is 669 g/mol. The summed E-state index contributed by atoms with van der Waals surface area (Å²) in [6.45, 7) is 4.01. The van der Waals surface area contributed by atoms with E-state index in [9.17, 15) is 55.5 Å². The fourth-order valence-corrected chi connectivity index (χ4v) is 5.43. The number of carbonyl (C=O) groups is 2. The van der Waals surface area contributed by atoms with Gasteiger partial charge in [0.1, 0.15) is 36.6 Å². The van der Waals surface area contributed by atoms with Gasteiger partial charge in [-0.05, 0) is 60.1 Å². The van der Waals surface area contributed by atoms with Crippen LogP contribution in [0.25, 0.3) is 0 Å². The van der Waals surface area contributed by atoms with Crippen LogP contribution < -0.4 is 14.2 Å². The fraction of sp³-hybridized carbons (Fsp3) is 0.548. The molecule has 2 aliphatic heterocycles. The molecule has 2 heterocycles. The maximum atomic E-state index is 11.6. The first kappa shape index (κ1) is 36.1. The van der Waals surface area contributed by atoms with Gasteiger partial charge in [-0.1, -0.05) is 26.0 Å². The van der Waals surface area contributed by atoms with Crippen LogP contribution in [0.2, 0.25) is 0 Å². The molecule has 1 unspecified atom stereocenters. The van der Waals surface area contributed by atoms with Crippen LogP contribution in [0, 0.1) is 11.8 Å². The number of hydrogen-bond donors (Lipinski definition) is 9. The molecule has 16 heteroatoms. The minimum absolute atomic E-state index is 0.0147. The molecule has 16 nitrogen and oxygen atoms in total. The molecule has 2 aromatic rings. The summed E-state index contributed by atoms with van der Waals surface area (Å²) in [5, 5.41) is 90.6. The number of ether oxygens (including phenoxy) is 5. The van der Waals surface area contributed by atoms with Gasteiger partial charge >= 0.3 is 11.9 Å². The molecule has 2 saturated heterocycles. The Morgan fingerprint density at radius 3 is 1.51 bits per heavy atom. The van der Waals surface area contributed by atoms with E-state index in [-0.39, 0.29) is 29.1 Å². The van der Waals surface area contributed by atoms with Crippen LogP contribution in [0.3, 0.4) is 0 Å². The van der Waals surface area contributed by atoms with Crippen molar-refractivity contribution in [2.75, 3.05) is 7.11 Å². The second-order valence-corrected chi connectivity index (χ2v) is 11.9. The lowest BCUT2D eigenvalue weighted by Gasteiger charge is -2.40. The third kappa shape index (κ3) is 8.05. The number of carboxylic acid groups (broad SMARTS) is 2. The van der Waals surface area contributed by atoms with Crippen molar-refractivity contribution in [2.45, 2.75) is 88.1 Å². The van der Waals surface area contributed by atoms with E-state index in [4.69, 9.17) is 23.7 Å². The Labute approximate surface area is 268 Å². The van der Waals surface area contributed by atoms with Gasteiger partial charge in [0.15, 0.2) is 35.2 Å². The van der Waals surface area contributed by atoms with Crippen molar-refractivity contribution in [2.24, 2.45) is 11.8 Å². The Morgan fingerprint density at radius 1 is 0.660 bits per heavy atom. The van der Waals surface area contributed by atoms with Crippen molar-refractivity contribution in [1.29, 1.82) is 0 Å². The van der Waals surface area contributed by atoms with E-state index in [0.29, 0.717) is 24.2 Å². The SMILES string of the molecule is COc1ccc(C[C@@H](C)[C@@H](C)Cc2ccc(O[C@@H]3O[C@H](C(=O)O)[C@@H](O)[C@H](O)[C@H]3O)c(OC3O[C@H](C(=O)O)[C@@H](O)[C@H](O)[C@H]3O)c2)cc1O. The summed E-state index contributed by atoms with van der Waals surface area (Å²) in [4.78, 5) is 23.2. The highest BCUT2D eigenvalue weighted by Gasteiger charge is 2.50. The van der Waals surface area contributed by atoms with Crippen LogP contribution in [0.4, 0.5) is 0 Å². The lowest BCUT2D eigenvalue weighted by Crippen LogP contribution is -2.61. The smallest absolute Gasteiger partial charge is 0.335 e. The van der Waals surface area contributed by atoms with Gasteiger partial charge in [-0.15, -0.1) is 0 Å². The maximum absolute atomic E-state index is 11.6. The van der Waals surface area contributed by atoms with Crippen molar-refractivity contribution in [1.82, 2.24) is 0 Å². The van der Waals surface area contributed by atoms with Gasteiger partial charge in [0.2, 0.25) is 12.6 Å². The Kier molecular flexibility index (Phi) is 11.5. The highest BCUT2D eigenvalue weighted by molar-refractivity contribution is 5.74. The number of aromatic hydroxyl groups is 1. The summed E-state index contributed by atoms with van der Waals surface area (Å²) in [6, 6.07) is 9.58. The van der Waals surface area contributed by atoms with Crippen molar-refractivity contribution in [3.63, 3.8) is 0 Å². The first-order chi connectivity index (χ1) is 22.1. The summed E-state index contributed by atoms with van der Waals surface area (Å²) in [5.74, 6) is -3.24. The van der Waals surface area contributed by atoms with Gasteiger partial charge in [-0.25, -0.2) is 9.59 Å². The highest BCUT2D eigenvalue weighted by Crippen LogP contribution is 2.36. The fourth-order valence-electron chi connectivity index (χ4n) is 5.43. The summed E-state index contributed by atoms with van der Waals surface area (Å²) in [5.41, 5.74) is 1.53. The summed E-state index contributed by atoms with van der Waals surface area (Å²) in [7, 11) is 1.45. The van der Waals surface area contributed by atoms with Crippen LogP contribution in [0.5, 0.6) is 23.0 Å². The molecule has 12 atom stereocenters. The van der Waals surface area contributed by atoms with Crippen molar-refractivity contribution in [3.8, 4) is 23.0 Å². The molecule has 2 fully saturated rings. The molecule has 0 aliphatic carbocycles. The molecule has 4 rings (SSSR count). The summed E-state index contributed by atoms with van der Waals surface area (Å²) >= 11 is 0. The molecule has 0 saturated carbocycles. The quantitative estimate of drug-likeness (QED) is 0.131. The summed E-state index contributed by atoms with van der Waals surface area (Å²) < 4.78 is 27.0. The van der Waals surface area contributed by atoms with Crippen LogP contribution in [0.1, 0.15) is 25.0 Å². The third-order valence-corrected chi connectivity index (χ3v) is 8.45. The molecule has 0 aromatic heterocycles. The van der Waals surface area contributed by atoms with E-state index < -0.39 is 73.4 Å². The van der Waals surface area contributed by atoms with Gasteiger partial charge in [0.05, 0.1) is 7.11 Å². The number of phenols is 1. The maximum Gasteiger partial charge on any atom is 0.335 e. The zero-order valence-electron chi connectivity index (χ0n) is 25.7. The normalized spacial score (nSPS) is 32.2. The Balaban J connectivity index is 1.60. The van der Waals surface area contributed by atoms with Gasteiger partial charge in [0.25, 0.3) is 0 Å². The number of aliphatic hydroxyl groups excluding tert-OH is 6. The lowest BCUT2D eigenvalue weighted by molar-refractivity contribution is -0.276. The predicted octanol–water partition coefficient (Wildman–Crippen LogP) is -1.000. The molecule has 0 bridgehead atoms. The number of methoxy groups -OCH3 is 1. The number of carboxylic acids is 2. The molecule has 2 aromatic carbocycles. The molecule has 2 aliphatic rings. The molecule has 0 spiro atoms. The number of hydrogen-bond acceptors (Lipinski definition) is 14. The van der Waals surface area contributed by atoms with E-state index >= 15 is 0 Å². The van der Waals surface area contributed by atoms with Crippen molar-refractivity contribution in [3.05, 3.63) is 47.5 Å². The second kappa shape index (κ2) is 15.0. The van der Waals surface area contributed by atoms with Crippen LogP contribution >= 0.6 is 0 Å². The highest BCUT2D eigenvalue weighted by atomic mass is 16.7. The number of aliphatic carboxylic acids is 2. The molecule has 0 radical (unpaired) electrons.